The lowest BCUT2D eigenvalue weighted by Gasteiger charge is -2.30. The van der Waals surface area contributed by atoms with E-state index in [2.05, 4.69) is 41.4 Å². The van der Waals surface area contributed by atoms with Gasteiger partial charge in [0.2, 0.25) is 5.91 Å². The van der Waals surface area contributed by atoms with Crippen molar-refractivity contribution in [2.24, 2.45) is 11.7 Å². The number of carbonyl (C=O) groups is 1. The second-order valence-corrected chi connectivity index (χ2v) is 6.89. The predicted octanol–water partition coefficient (Wildman–Crippen LogP) is 2.66. The Bertz CT molecular complexity index is 478. The summed E-state index contributed by atoms with van der Waals surface area (Å²) in [6, 6.07) is 8.17. The van der Waals surface area contributed by atoms with Gasteiger partial charge in [0.05, 0.1) is 6.04 Å². The summed E-state index contributed by atoms with van der Waals surface area (Å²) in [5, 5.41) is 2.91. The van der Waals surface area contributed by atoms with E-state index >= 15 is 0 Å². The van der Waals surface area contributed by atoms with Crippen molar-refractivity contribution in [3.8, 4) is 0 Å². The van der Waals surface area contributed by atoms with Crippen LogP contribution < -0.4 is 11.1 Å². The molecule has 0 radical (unpaired) electrons. The molecule has 0 aliphatic carbocycles. The molecule has 2 rings (SSSR count). The highest BCUT2D eigenvalue weighted by Gasteiger charge is 2.15. The predicted molar refractivity (Wildman–Crippen MR) is 94.8 cm³/mol. The minimum atomic E-state index is -0.388. The highest BCUT2D eigenvalue weighted by molar-refractivity contribution is 5.81. The maximum absolute atomic E-state index is 11.8. The van der Waals surface area contributed by atoms with Crippen molar-refractivity contribution in [3.05, 3.63) is 35.4 Å². The summed E-state index contributed by atoms with van der Waals surface area (Å²) in [6.07, 6.45) is 4.28. The summed E-state index contributed by atoms with van der Waals surface area (Å²) in [4.78, 5) is 14.3. The van der Waals surface area contributed by atoms with E-state index in [-0.39, 0.29) is 11.9 Å². The van der Waals surface area contributed by atoms with Crippen molar-refractivity contribution in [1.29, 1.82) is 0 Å². The number of hydrogen-bond donors (Lipinski definition) is 2. The van der Waals surface area contributed by atoms with Crippen LogP contribution in [-0.2, 0) is 17.9 Å². The number of rotatable bonds is 7. The molecule has 23 heavy (non-hydrogen) atoms. The summed E-state index contributed by atoms with van der Waals surface area (Å²) in [6.45, 7) is 8.36. The maximum atomic E-state index is 11.8. The minimum Gasteiger partial charge on any atom is -0.351 e. The smallest absolute Gasteiger partial charge is 0.237 e. The zero-order chi connectivity index (χ0) is 16.7. The first-order chi connectivity index (χ1) is 11.1. The van der Waals surface area contributed by atoms with E-state index in [1.54, 1.807) is 0 Å². The largest absolute Gasteiger partial charge is 0.351 e. The molecule has 4 nitrogen and oxygen atoms in total. The highest BCUT2D eigenvalue weighted by atomic mass is 16.2. The lowest BCUT2D eigenvalue weighted by molar-refractivity contribution is -0.122. The molecule has 3 N–H and O–H groups in total. The Labute approximate surface area is 140 Å². The van der Waals surface area contributed by atoms with Gasteiger partial charge in [-0.15, -0.1) is 0 Å². The third-order valence-corrected chi connectivity index (χ3v) is 4.71. The molecule has 0 aromatic heterocycles. The van der Waals surface area contributed by atoms with Gasteiger partial charge < -0.3 is 11.1 Å². The summed E-state index contributed by atoms with van der Waals surface area (Å²) < 4.78 is 0. The number of hydrogen-bond acceptors (Lipinski definition) is 3. The maximum Gasteiger partial charge on any atom is 0.237 e. The third-order valence-electron chi connectivity index (χ3n) is 4.71. The third kappa shape index (κ3) is 5.96. The molecule has 1 aromatic rings. The van der Waals surface area contributed by atoms with Crippen LogP contribution in [0.4, 0.5) is 0 Å². The number of nitrogens with zero attached hydrogens (tertiary/aromatic N) is 1. The van der Waals surface area contributed by atoms with Crippen LogP contribution in [0.1, 0.15) is 50.7 Å². The topological polar surface area (TPSA) is 58.4 Å². The summed E-state index contributed by atoms with van der Waals surface area (Å²) in [5.74, 6) is 0.815. The van der Waals surface area contributed by atoms with Crippen molar-refractivity contribution >= 4 is 5.91 Å². The van der Waals surface area contributed by atoms with Crippen LogP contribution in [0, 0.1) is 5.92 Å². The van der Waals surface area contributed by atoms with Gasteiger partial charge in [0.15, 0.2) is 0 Å². The van der Waals surface area contributed by atoms with Gasteiger partial charge in [-0.1, -0.05) is 44.5 Å². The van der Waals surface area contributed by atoms with Gasteiger partial charge in [0, 0.05) is 13.1 Å². The molecule has 0 spiro atoms. The molecule has 1 unspecified atom stereocenters. The molecule has 1 atom stereocenters. The molecule has 1 heterocycles. The number of likely N-dealkylation sites (tertiary alicyclic amines) is 1. The van der Waals surface area contributed by atoms with Crippen molar-refractivity contribution in [1.82, 2.24) is 10.2 Å². The summed E-state index contributed by atoms with van der Waals surface area (Å²) in [5.41, 5.74) is 8.28. The highest BCUT2D eigenvalue weighted by Crippen LogP contribution is 2.18. The van der Waals surface area contributed by atoms with Gasteiger partial charge in [0.25, 0.3) is 0 Å². The normalized spacial score (nSPS) is 17.9. The molecule has 1 amide bonds. The van der Waals surface area contributed by atoms with E-state index in [0.29, 0.717) is 6.54 Å². The molecule has 1 aliphatic rings. The van der Waals surface area contributed by atoms with Crippen molar-refractivity contribution in [3.63, 3.8) is 0 Å². The summed E-state index contributed by atoms with van der Waals surface area (Å²) in [7, 11) is 0. The lowest BCUT2D eigenvalue weighted by atomic mass is 9.99. The van der Waals surface area contributed by atoms with E-state index in [1.807, 2.05) is 6.92 Å². The Balaban J connectivity index is 1.77. The first kappa shape index (κ1) is 18.0. The number of nitrogens with one attached hydrogen (secondary N) is 1. The van der Waals surface area contributed by atoms with Crippen LogP contribution in [0.15, 0.2) is 24.3 Å². The van der Waals surface area contributed by atoms with Crippen molar-refractivity contribution in [2.75, 3.05) is 13.1 Å². The standard InChI is InChI=1S/C19H31N3O/c1-3-4-18(20)19(23)21-13-16-5-7-17(8-6-16)14-22-11-9-15(2)10-12-22/h5-8,15,18H,3-4,9-14,20H2,1-2H3,(H,21,23). The van der Waals surface area contributed by atoms with Crippen LogP contribution >= 0.6 is 0 Å². The van der Waals surface area contributed by atoms with E-state index in [1.165, 1.54) is 31.5 Å². The first-order valence-corrected chi connectivity index (χ1v) is 8.92. The molecule has 0 bridgehead atoms. The SMILES string of the molecule is CCCC(N)C(=O)NCc1ccc(CN2CCC(C)CC2)cc1. The number of benzene rings is 1. The number of nitrogens with two attached hydrogens (primary N) is 1. The zero-order valence-electron chi connectivity index (χ0n) is 14.6. The average Bonchev–Trinajstić information content (AvgIpc) is 2.56. The number of piperidine rings is 1. The second-order valence-electron chi connectivity index (χ2n) is 6.89. The number of amides is 1. The van der Waals surface area contributed by atoms with Gasteiger partial charge in [-0.25, -0.2) is 0 Å². The molecule has 1 aliphatic heterocycles. The Hall–Kier alpha value is -1.39. The summed E-state index contributed by atoms with van der Waals surface area (Å²) >= 11 is 0. The molecular weight excluding hydrogens is 286 g/mol. The molecule has 4 heteroatoms. The van der Waals surface area contributed by atoms with E-state index in [9.17, 15) is 4.79 Å². The van der Waals surface area contributed by atoms with Crippen molar-refractivity contribution in [2.45, 2.75) is 58.7 Å². The lowest BCUT2D eigenvalue weighted by Crippen LogP contribution is -2.40. The van der Waals surface area contributed by atoms with E-state index in [0.717, 1.165) is 30.9 Å². The fourth-order valence-corrected chi connectivity index (χ4v) is 3.00. The monoisotopic (exact) mass is 317 g/mol. The van der Waals surface area contributed by atoms with Crippen LogP contribution in [0.2, 0.25) is 0 Å². The molecule has 1 aromatic carbocycles. The van der Waals surface area contributed by atoms with E-state index < -0.39 is 0 Å². The number of carbonyl (C=O) groups excluding carboxylic acids is 1. The van der Waals surface area contributed by atoms with Crippen molar-refractivity contribution < 1.29 is 4.79 Å². The molecule has 1 saturated heterocycles. The van der Waals surface area contributed by atoms with Gasteiger partial charge in [-0.05, 0) is 49.4 Å². The van der Waals surface area contributed by atoms with Crippen LogP contribution in [0.3, 0.4) is 0 Å². The quantitative estimate of drug-likeness (QED) is 0.813. The van der Waals surface area contributed by atoms with Gasteiger partial charge in [-0.3, -0.25) is 9.69 Å². The Morgan fingerprint density at radius 3 is 2.48 bits per heavy atom. The average molecular weight is 317 g/mol. The van der Waals surface area contributed by atoms with Gasteiger partial charge in [-0.2, -0.15) is 0 Å². The minimum absolute atomic E-state index is 0.0571. The van der Waals surface area contributed by atoms with E-state index in [4.69, 9.17) is 5.73 Å². The molecular formula is C19H31N3O. The van der Waals surface area contributed by atoms with Crippen LogP contribution in [-0.4, -0.2) is 29.9 Å². The van der Waals surface area contributed by atoms with Gasteiger partial charge in [0.1, 0.15) is 0 Å². The molecule has 1 fully saturated rings. The zero-order valence-corrected chi connectivity index (χ0v) is 14.6. The Morgan fingerprint density at radius 1 is 1.26 bits per heavy atom. The Kier molecular flexibility index (Phi) is 7.06. The van der Waals surface area contributed by atoms with Crippen LogP contribution in [0.25, 0.3) is 0 Å². The Morgan fingerprint density at radius 2 is 1.87 bits per heavy atom. The second kappa shape index (κ2) is 9.04. The molecule has 0 saturated carbocycles. The fourth-order valence-electron chi connectivity index (χ4n) is 3.00. The first-order valence-electron chi connectivity index (χ1n) is 8.92. The van der Waals surface area contributed by atoms with Crippen LogP contribution in [0.5, 0.6) is 0 Å². The fraction of sp³-hybridized carbons (Fsp3) is 0.632. The molecule has 128 valence electrons. The van der Waals surface area contributed by atoms with Gasteiger partial charge >= 0.3 is 0 Å².